The second kappa shape index (κ2) is 4.10. The summed E-state index contributed by atoms with van der Waals surface area (Å²) in [6.45, 7) is 4.23. The molecule has 0 unspecified atom stereocenters. The summed E-state index contributed by atoms with van der Waals surface area (Å²) < 4.78 is 1.18. The molecule has 90 valence electrons. The molecule has 2 nitrogen and oxygen atoms in total. The van der Waals surface area contributed by atoms with Gasteiger partial charge in [-0.3, -0.25) is 0 Å². The van der Waals surface area contributed by atoms with Crippen molar-refractivity contribution in [3.05, 3.63) is 47.5 Å². The summed E-state index contributed by atoms with van der Waals surface area (Å²) in [4.78, 5) is 4.67. The summed E-state index contributed by atoms with van der Waals surface area (Å²) >= 11 is 1.71. The van der Waals surface area contributed by atoms with Crippen LogP contribution in [-0.2, 0) is 0 Å². The number of hydrogen-bond donors (Lipinski definition) is 1. The molecule has 0 aliphatic heterocycles. The van der Waals surface area contributed by atoms with Gasteiger partial charge in [-0.05, 0) is 37.6 Å². The smallest absolute Gasteiger partial charge is 0.124 e. The zero-order valence-electron chi connectivity index (χ0n) is 10.4. The lowest BCUT2D eigenvalue weighted by Crippen LogP contribution is -1.84. The Balaban J connectivity index is 2.19. The van der Waals surface area contributed by atoms with Gasteiger partial charge in [0.15, 0.2) is 0 Å². The van der Waals surface area contributed by atoms with Crippen LogP contribution < -0.4 is 5.73 Å². The number of rotatable bonds is 1. The first-order chi connectivity index (χ1) is 8.63. The molecule has 0 saturated heterocycles. The van der Waals surface area contributed by atoms with Gasteiger partial charge in [0.2, 0.25) is 0 Å². The number of thiazole rings is 1. The van der Waals surface area contributed by atoms with E-state index in [0.29, 0.717) is 0 Å². The predicted molar refractivity (Wildman–Crippen MR) is 78.9 cm³/mol. The van der Waals surface area contributed by atoms with E-state index in [0.717, 1.165) is 16.2 Å². The molecule has 0 amide bonds. The first-order valence-electron chi connectivity index (χ1n) is 5.87. The molecule has 0 saturated carbocycles. The molecule has 3 aromatic rings. The van der Waals surface area contributed by atoms with Gasteiger partial charge >= 0.3 is 0 Å². The lowest BCUT2D eigenvalue weighted by atomic mass is 10.1. The fourth-order valence-electron chi connectivity index (χ4n) is 2.11. The van der Waals surface area contributed by atoms with E-state index in [1.165, 1.54) is 21.4 Å². The molecule has 0 bridgehead atoms. The number of nitrogen functional groups attached to an aromatic ring is 1. The fourth-order valence-corrected chi connectivity index (χ4v) is 3.15. The number of fused-ring (bicyclic) bond motifs is 1. The number of hydrogen-bond acceptors (Lipinski definition) is 3. The number of nitrogens with zero attached hydrogens (tertiary/aromatic N) is 1. The average molecular weight is 254 g/mol. The summed E-state index contributed by atoms with van der Waals surface area (Å²) in [5.74, 6) is 0. The highest BCUT2D eigenvalue weighted by Gasteiger charge is 2.08. The van der Waals surface area contributed by atoms with Gasteiger partial charge in [-0.1, -0.05) is 23.8 Å². The molecule has 0 atom stereocenters. The Hall–Kier alpha value is -1.87. The molecule has 1 aromatic heterocycles. The van der Waals surface area contributed by atoms with Crippen LogP contribution in [0.25, 0.3) is 20.8 Å². The van der Waals surface area contributed by atoms with E-state index in [9.17, 15) is 0 Å². The molecular weight excluding hydrogens is 240 g/mol. The van der Waals surface area contributed by atoms with Gasteiger partial charge in [0.25, 0.3) is 0 Å². The predicted octanol–water partition coefficient (Wildman–Crippen LogP) is 4.16. The minimum atomic E-state index is 0.764. The third-order valence-electron chi connectivity index (χ3n) is 3.02. The topological polar surface area (TPSA) is 38.9 Å². The van der Waals surface area contributed by atoms with E-state index in [1.807, 2.05) is 18.2 Å². The lowest BCUT2D eigenvalue weighted by Gasteiger charge is -2.02. The Labute approximate surface area is 110 Å². The summed E-state index contributed by atoms with van der Waals surface area (Å²) in [5, 5.41) is 1.06. The van der Waals surface area contributed by atoms with E-state index >= 15 is 0 Å². The van der Waals surface area contributed by atoms with E-state index in [1.54, 1.807) is 11.3 Å². The zero-order valence-corrected chi connectivity index (χ0v) is 11.2. The molecule has 0 aliphatic carbocycles. The monoisotopic (exact) mass is 254 g/mol. The van der Waals surface area contributed by atoms with E-state index < -0.39 is 0 Å². The molecule has 18 heavy (non-hydrogen) atoms. The van der Waals surface area contributed by atoms with Gasteiger partial charge in [0, 0.05) is 11.3 Å². The average Bonchev–Trinajstić information content (AvgIpc) is 2.71. The van der Waals surface area contributed by atoms with Crippen molar-refractivity contribution in [2.24, 2.45) is 0 Å². The number of benzene rings is 2. The van der Waals surface area contributed by atoms with Crippen LogP contribution in [-0.4, -0.2) is 4.98 Å². The molecule has 0 fully saturated rings. The van der Waals surface area contributed by atoms with Gasteiger partial charge in [0.05, 0.1) is 10.2 Å². The van der Waals surface area contributed by atoms with Crippen LogP contribution in [0.3, 0.4) is 0 Å². The maximum Gasteiger partial charge on any atom is 0.124 e. The normalized spacial score (nSPS) is 11.0. The third kappa shape index (κ3) is 1.87. The highest BCUT2D eigenvalue weighted by molar-refractivity contribution is 7.21. The van der Waals surface area contributed by atoms with Crippen molar-refractivity contribution in [3.8, 4) is 10.6 Å². The van der Waals surface area contributed by atoms with Gasteiger partial charge in [-0.25, -0.2) is 4.98 Å². The van der Waals surface area contributed by atoms with Gasteiger partial charge in [-0.15, -0.1) is 11.3 Å². The van der Waals surface area contributed by atoms with Crippen LogP contribution >= 0.6 is 11.3 Å². The maximum atomic E-state index is 5.79. The zero-order chi connectivity index (χ0) is 12.7. The Morgan fingerprint density at radius 1 is 1.06 bits per heavy atom. The minimum Gasteiger partial charge on any atom is -0.399 e. The van der Waals surface area contributed by atoms with E-state index in [2.05, 4.69) is 37.0 Å². The van der Waals surface area contributed by atoms with Crippen molar-refractivity contribution in [3.63, 3.8) is 0 Å². The molecule has 2 N–H and O–H groups in total. The van der Waals surface area contributed by atoms with Crippen LogP contribution in [0.2, 0.25) is 0 Å². The number of aromatic nitrogens is 1. The lowest BCUT2D eigenvalue weighted by molar-refractivity contribution is 1.36. The fraction of sp³-hybridized carbons (Fsp3) is 0.133. The standard InChI is InChI=1S/C15H14N2S/c1-9-3-5-12(10(2)7-9)15-17-13-8-11(16)4-6-14(13)18-15/h3-8H,16H2,1-2H3. The molecule has 3 heteroatoms. The van der Waals surface area contributed by atoms with Crippen molar-refractivity contribution >= 4 is 27.2 Å². The van der Waals surface area contributed by atoms with Crippen LogP contribution in [0.1, 0.15) is 11.1 Å². The summed E-state index contributed by atoms with van der Waals surface area (Å²) in [5.41, 5.74) is 11.3. The van der Waals surface area contributed by atoms with Crippen molar-refractivity contribution in [1.29, 1.82) is 0 Å². The first-order valence-corrected chi connectivity index (χ1v) is 6.69. The SMILES string of the molecule is Cc1ccc(-c2nc3cc(N)ccc3s2)c(C)c1. The Kier molecular flexibility index (Phi) is 2.56. The summed E-state index contributed by atoms with van der Waals surface area (Å²) in [6, 6.07) is 12.4. The summed E-state index contributed by atoms with van der Waals surface area (Å²) in [6.07, 6.45) is 0. The van der Waals surface area contributed by atoms with Crippen molar-refractivity contribution in [2.45, 2.75) is 13.8 Å². The second-order valence-electron chi connectivity index (χ2n) is 4.56. The number of aryl methyl sites for hydroxylation is 2. The first kappa shape index (κ1) is 11.2. The van der Waals surface area contributed by atoms with Gasteiger partial charge < -0.3 is 5.73 Å². The molecule has 3 rings (SSSR count). The van der Waals surface area contributed by atoms with Crippen LogP contribution in [0, 0.1) is 13.8 Å². The van der Waals surface area contributed by atoms with Crippen LogP contribution in [0.15, 0.2) is 36.4 Å². The third-order valence-corrected chi connectivity index (χ3v) is 4.09. The van der Waals surface area contributed by atoms with Crippen LogP contribution in [0.5, 0.6) is 0 Å². The Bertz CT molecular complexity index is 728. The quantitative estimate of drug-likeness (QED) is 0.662. The van der Waals surface area contributed by atoms with Gasteiger partial charge in [0.1, 0.15) is 5.01 Å². The molecular formula is C15H14N2S. The molecule has 1 heterocycles. The Morgan fingerprint density at radius 2 is 1.89 bits per heavy atom. The van der Waals surface area contributed by atoms with Crippen molar-refractivity contribution in [2.75, 3.05) is 5.73 Å². The highest BCUT2D eigenvalue weighted by atomic mass is 32.1. The Morgan fingerprint density at radius 3 is 2.67 bits per heavy atom. The molecule has 0 spiro atoms. The van der Waals surface area contributed by atoms with Crippen molar-refractivity contribution in [1.82, 2.24) is 4.98 Å². The second-order valence-corrected chi connectivity index (χ2v) is 5.60. The minimum absolute atomic E-state index is 0.764. The molecule has 0 radical (unpaired) electrons. The number of nitrogens with two attached hydrogens (primary N) is 1. The van der Waals surface area contributed by atoms with Crippen LogP contribution in [0.4, 0.5) is 5.69 Å². The summed E-state index contributed by atoms with van der Waals surface area (Å²) in [7, 11) is 0. The van der Waals surface area contributed by atoms with Crippen molar-refractivity contribution < 1.29 is 0 Å². The van der Waals surface area contributed by atoms with E-state index in [-0.39, 0.29) is 0 Å². The van der Waals surface area contributed by atoms with Gasteiger partial charge in [-0.2, -0.15) is 0 Å². The largest absolute Gasteiger partial charge is 0.399 e. The molecule has 2 aromatic carbocycles. The van der Waals surface area contributed by atoms with E-state index in [4.69, 9.17) is 5.73 Å². The maximum absolute atomic E-state index is 5.79. The highest BCUT2D eigenvalue weighted by Crippen LogP contribution is 2.32. The number of anilines is 1. The molecule has 0 aliphatic rings.